The standard InChI is InChI=1S/C16H32N4O/c1-18(2)9-10-19-11-13-20(14-12-19)16(21)4-3-15-5-7-17-8-6-15/h15,17H,3-14H2,1-2H3. The SMILES string of the molecule is CN(C)CCN1CCN(C(=O)CCC2CCNCC2)CC1. The minimum Gasteiger partial charge on any atom is -0.340 e. The Hall–Kier alpha value is -0.650. The molecule has 122 valence electrons. The van der Waals surface area contributed by atoms with E-state index >= 15 is 0 Å². The number of hydrogen-bond acceptors (Lipinski definition) is 4. The van der Waals surface area contributed by atoms with Crippen molar-refractivity contribution < 1.29 is 4.79 Å². The average molecular weight is 296 g/mol. The summed E-state index contributed by atoms with van der Waals surface area (Å²) in [5.41, 5.74) is 0. The number of carbonyl (C=O) groups is 1. The van der Waals surface area contributed by atoms with Gasteiger partial charge in [-0.3, -0.25) is 9.69 Å². The number of rotatable bonds is 6. The van der Waals surface area contributed by atoms with Gasteiger partial charge in [-0.2, -0.15) is 0 Å². The number of amides is 1. The first-order valence-electron chi connectivity index (χ1n) is 8.50. The summed E-state index contributed by atoms with van der Waals surface area (Å²) in [4.78, 5) is 19.1. The van der Waals surface area contributed by atoms with Crippen molar-refractivity contribution in [1.29, 1.82) is 0 Å². The van der Waals surface area contributed by atoms with Gasteiger partial charge in [-0.1, -0.05) is 0 Å². The molecule has 2 rings (SSSR count). The summed E-state index contributed by atoms with van der Waals surface area (Å²) in [5, 5.41) is 3.39. The molecule has 5 heteroatoms. The van der Waals surface area contributed by atoms with E-state index in [4.69, 9.17) is 0 Å². The van der Waals surface area contributed by atoms with E-state index in [0.717, 1.165) is 71.1 Å². The smallest absolute Gasteiger partial charge is 0.222 e. The van der Waals surface area contributed by atoms with Crippen LogP contribution in [0.3, 0.4) is 0 Å². The van der Waals surface area contributed by atoms with Gasteiger partial charge in [0.2, 0.25) is 5.91 Å². The molecule has 1 N–H and O–H groups in total. The van der Waals surface area contributed by atoms with E-state index in [9.17, 15) is 4.79 Å². The lowest BCUT2D eigenvalue weighted by molar-refractivity contribution is -0.133. The molecule has 0 bridgehead atoms. The van der Waals surface area contributed by atoms with Crippen LogP contribution in [0.4, 0.5) is 0 Å². The van der Waals surface area contributed by atoms with Crippen LogP contribution in [0.25, 0.3) is 0 Å². The number of carbonyl (C=O) groups excluding carboxylic acids is 1. The Morgan fingerprint density at radius 2 is 1.81 bits per heavy atom. The zero-order chi connectivity index (χ0) is 15.1. The van der Waals surface area contributed by atoms with Gasteiger partial charge in [0.1, 0.15) is 0 Å². The molecule has 1 amide bonds. The van der Waals surface area contributed by atoms with Gasteiger partial charge in [0.15, 0.2) is 0 Å². The number of piperazine rings is 1. The number of piperidine rings is 1. The second-order valence-corrected chi connectivity index (χ2v) is 6.76. The Morgan fingerprint density at radius 3 is 2.43 bits per heavy atom. The predicted octanol–water partition coefficient (Wildman–Crippen LogP) is 0.472. The van der Waals surface area contributed by atoms with Gasteiger partial charge in [0.05, 0.1) is 0 Å². The fraction of sp³-hybridized carbons (Fsp3) is 0.938. The second kappa shape index (κ2) is 8.71. The van der Waals surface area contributed by atoms with Crippen molar-refractivity contribution in [2.24, 2.45) is 5.92 Å². The molecule has 2 aliphatic rings. The molecule has 21 heavy (non-hydrogen) atoms. The Bertz CT molecular complexity index is 307. The van der Waals surface area contributed by atoms with Crippen LogP contribution in [0.5, 0.6) is 0 Å². The predicted molar refractivity (Wildman–Crippen MR) is 86.4 cm³/mol. The van der Waals surface area contributed by atoms with Crippen molar-refractivity contribution in [3.63, 3.8) is 0 Å². The number of nitrogens with zero attached hydrogens (tertiary/aromatic N) is 3. The topological polar surface area (TPSA) is 38.8 Å². The maximum Gasteiger partial charge on any atom is 0.222 e. The Labute approximate surface area is 129 Å². The second-order valence-electron chi connectivity index (χ2n) is 6.76. The van der Waals surface area contributed by atoms with E-state index in [-0.39, 0.29) is 0 Å². The highest BCUT2D eigenvalue weighted by Gasteiger charge is 2.22. The van der Waals surface area contributed by atoms with Crippen molar-refractivity contribution in [3.8, 4) is 0 Å². The lowest BCUT2D eigenvalue weighted by Gasteiger charge is -2.35. The fourth-order valence-electron chi connectivity index (χ4n) is 3.22. The monoisotopic (exact) mass is 296 g/mol. The molecule has 0 unspecified atom stereocenters. The first-order chi connectivity index (χ1) is 10.1. The van der Waals surface area contributed by atoms with Crippen molar-refractivity contribution >= 4 is 5.91 Å². The molecule has 0 aromatic heterocycles. The molecular weight excluding hydrogens is 264 g/mol. The highest BCUT2D eigenvalue weighted by molar-refractivity contribution is 5.76. The first-order valence-corrected chi connectivity index (χ1v) is 8.50. The van der Waals surface area contributed by atoms with E-state index in [2.05, 4.69) is 34.1 Å². The lowest BCUT2D eigenvalue weighted by Crippen LogP contribution is -2.50. The summed E-state index contributed by atoms with van der Waals surface area (Å²) in [6, 6.07) is 0. The van der Waals surface area contributed by atoms with Crippen LogP contribution in [-0.4, -0.2) is 87.1 Å². The highest BCUT2D eigenvalue weighted by Crippen LogP contribution is 2.18. The lowest BCUT2D eigenvalue weighted by atomic mass is 9.93. The molecule has 0 radical (unpaired) electrons. The third-order valence-electron chi connectivity index (χ3n) is 4.81. The molecule has 2 aliphatic heterocycles. The molecular formula is C16H32N4O. The molecule has 2 saturated heterocycles. The average Bonchev–Trinajstić information content (AvgIpc) is 2.52. The van der Waals surface area contributed by atoms with Crippen molar-refractivity contribution in [3.05, 3.63) is 0 Å². The molecule has 0 aromatic rings. The summed E-state index contributed by atoms with van der Waals surface area (Å²) in [5.74, 6) is 1.14. The van der Waals surface area contributed by atoms with Gasteiger partial charge in [-0.05, 0) is 52.4 Å². The van der Waals surface area contributed by atoms with Crippen LogP contribution in [0.1, 0.15) is 25.7 Å². The Morgan fingerprint density at radius 1 is 1.14 bits per heavy atom. The molecule has 2 fully saturated rings. The largest absolute Gasteiger partial charge is 0.340 e. The normalized spacial score (nSPS) is 22.0. The van der Waals surface area contributed by atoms with E-state index in [1.807, 2.05) is 0 Å². The van der Waals surface area contributed by atoms with Crippen LogP contribution in [0.15, 0.2) is 0 Å². The summed E-state index contributed by atoms with van der Waals surface area (Å²) in [7, 11) is 4.22. The summed E-state index contributed by atoms with van der Waals surface area (Å²) >= 11 is 0. The van der Waals surface area contributed by atoms with E-state index in [0.29, 0.717) is 5.91 Å². The molecule has 0 atom stereocenters. The zero-order valence-corrected chi connectivity index (χ0v) is 13.8. The Kier molecular flexibility index (Phi) is 6.93. The van der Waals surface area contributed by atoms with E-state index in [1.54, 1.807) is 0 Å². The molecule has 5 nitrogen and oxygen atoms in total. The summed E-state index contributed by atoms with van der Waals surface area (Å²) < 4.78 is 0. The fourth-order valence-corrected chi connectivity index (χ4v) is 3.22. The molecule has 0 aromatic carbocycles. The van der Waals surface area contributed by atoms with E-state index < -0.39 is 0 Å². The Balaban J connectivity index is 1.61. The van der Waals surface area contributed by atoms with Gasteiger partial charge in [0, 0.05) is 45.7 Å². The number of nitrogens with one attached hydrogen (secondary N) is 1. The maximum atomic E-state index is 12.3. The van der Waals surface area contributed by atoms with Gasteiger partial charge in [0.25, 0.3) is 0 Å². The van der Waals surface area contributed by atoms with Gasteiger partial charge < -0.3 is 15.1 Å². The van der Waals surface area contributed by atoms with Crippen molar-refractivity contribution in [1.82, 2.24) is 20.0 Å². The van der Waals surface area contributed by atoms with Crippen LogP contribution >= 0.6 is 0 Å². The molecule has 0 aliphatic carbocycles. The van der Waals surface area contributed by atoms with Crippen molar-refractivity contribution in [2.45, 2.75) is 25.7 Å². The quantitative estimate of drug-likeness (QED) is 0.773. The van der Waals surface area contributed by atoms with E-state index in [1.165, 1.54) is 12.8 Å². The van der Waals surface area contributed by atoms with Gasteiger partial charge >= 0.3 is 0 Å². The van der Waals surface area contributed by atoms with Crippen LogP contribution < -0.4 is 5.32 Å². The zero-order valence-electron chi connectivity index (χ0n) is 13.8. The summed E-state index contributed by atoms with van der Waals surface area (Å²) in [6.07, 6.45) is 4.32. The highest BCUT2D eigenvalue weighted by atomic mass is 16.2. The minimum atomic E-state index is 0.376. The molecule has 0 spiro atoms. The minimum absolute atomic E-state index is 0.376. The van der Waals surface area contributed by atoms with Crippen LogP contribution in [-0.2, 0) is 4.79 Å². The summed E-state index contributed by atoms with van der Waals surface area (Å²) in [6.45, 7) is 8.37. The molecule has 0 saturated carbocycles. The number of hydrogen-bond donors (Lipinski definition) is 1. The van der Waals surface area contributed by atoms with Gasteiger partial charge in [-0.25, -0.2) is 0 Å². The van der Waals surface area contributed by atoms with Crippen molar-refractivity contribution in [2.75, 3.05) is 66.5 Å². The number of likely N-dealkylation sites (N-methyl/N-ethyl adjacent to an activating group) is 1. The van der Waals surface area contributed by atoms with Crippen LogP contribution in [0.2, 0.25) is 0 Å². The first kappa shape index (κ1) is 16.7. The maximum absolute atomic E-state index is 12.3. The van der Waals surface area contributed by atoms with Crippen LogP contribution in [0, 0.1) is 5.92 Å². The van der Waals surface area contributed by atoms with Gasteiger partial charge in [-0.15, -0.1) is 0 Å². The third-order valence-corrected chi connectivity index (χ3v) is 4.81. The molecule has 2 heterocycles. The third kappa shape index (κ3) is 5.93.